The number of fused-ring (bicyclic) bond motifs is 1. The molecule has 0 saturated carbocycles. The number of nitrogens with zero attached hydrogens (tertiary/aromatic N) is 2. The molecule has 2 aliphatic heterocycles. The first kappa shape index (κ1) is 24.6. The highest BCUT2D eigenvalue weighted by Gasteiger charge is 2.42. The van der Waals surface area contributed by atoms with Crippen LogP contribution in [0.15, 0.2) is 99.1 Å². The zero-order valence-electron chi connectivity index (χ0n) is 20.6. The number of hydrogen-bond donors (Lipinski definition) is 1. The second-order valence-electron chi connectivity index (χ2n) is 8.69. The highest BCUT2D eigenvalue weighted by Crippen LogP contribution is 2.47. The van der Waals surface area contributed by atoms with Crippen LogP contribution < -0.4 is 5.32 Å². The van der Waals surface area contributed by atoms with E-state index in [1.165, 1.54) is 11.8 Å². The largest absolute Gasteiger partial charge is 0.467 e. The van der Waals surface area contributed by atoms with E-state index in [9.17, 15) is 9.59 Å². The molecule has 0 bridgehead atoms. The van der Waals surface area contributed by atoms with Gasteiger partial charge in [0.1, 0.15) is 5.76 Å². The highest BCUT2D eigenvalue weighted by molar-refractivity contribution is 8.16. The van der Waals surface area contributed by atoms with Crippen LogP contribution in [0, 0.1) is 6.92 Å². The third-order valence-corrected chi connectivity index (χ3v) is 6.98. The quantitative estimate of drug-likeness (QED) is 0.397. The Morgan fingerprint density at radius 3 is 2.68 bits per heavy atom. The molecule has 1 aromatic heterocycles. The van der Waals surface area contributed by atoms with Gasteiger partial charge in [0, 0.05) is 11.3 Å². The van der Waals surface area contributed by atoms with Crippen LogP contribution >= 0.6 is 11.8 Å². The Hall–Kier alpha value is -4.04. The minimum absolute atomic E-state index is 0.131. The monoisotopic (exact) mass is 513 g/mol. The fraction of sp³-hybridized carbons (Fsp3) is 0.207. The summed E-state index contributed by atoms with van der Waals surface area (Å²) >= 11 is 1.45. The van der Waals surface area contributed by atoms with E-state index in [1.54, 1.807) is 19.3 Å². The van der Waals surface area contributed by atoms with E-state index in [1.807, 2.05) is 71.8 Å². The zero-order chi connectivity index (χ0) is 25.8. The predicted molar refractivity (Wildman–Crippen MR) is 144 cm³/mol. The number of esters is 1. The van der Waals surface area contributed by atoms with Gasteiger partial charge in [0.15, 0.2) is 5.17 Å². The number of amidine groups is 1. The van der Waals surface area contributed by atoms with Gasteiger partial charge in [0.25, 0.3) is 0 Å². The Morgan fingerprint density at radius 1 is 1.11 bits per heavy atom. The second-order valence-corrected chi connectivity index (χ2v) is 9.53. The van der Waals surface area contributed by atoms with Crippen LogP contribution in [-0.4, -0.2) is 28.6 Å². The molecule has 0 fully saturated rings. The van der Waals surface area contributed by atoms with Crippen LogP contribution in [0.3, 0.4) is 0 Å². The van der Waals surface area contributed by atoms with E-state index in [0.29, 0.717) is 28.7 Å². The van der Waals surface area contributed by atoms with Gasteiger partial charge in [-0.2, -0.15) is 0 Å². The van der Waals surface area contributed by atoms with E-state index in [4.69, 9.17) is 14.1 Å². The van der Waals surface area contributed by atoms with Gasteiger partial charge < -0.3 is 19.4 Å². The van der Waals surface area contributed by atoms with Crippen molar-refractivity contribution in [3.05, 3.63) is 112 Å². The van der Waals surface area contributed by atoms with Crippen molar-refractivity contribution in [2.24, 2.45) is 4.99 Å². The summed E-state index contributed by atoms with van der Waals surface area (Å²) in [6.45, 7) is 4.36. The van der Waals surface area contributed by atoms with Crippen molar-refractivity contribution in [1.82, 2.24) is 10.2 Å². The van der Waals surface area contributed by atoms with Gasteiger partial charge in [0.2, 0.25) is 5.91 Å². The number of nitrogens with one attached hydrogen (secondary N) is 1. The van der Waals surface area contributed by atoms with Crippen molar-refractivity contribution >= 4 is 34.5 Å². The van der Waals surface area contributed by atoms with Gasteiger partial charge in [-0.15, -0.1) is 0 Å². The number of aryl methyl sites for hydroxylation is 1. The number of benzene rings is 2. The summed E-state index contributed by atoms with van der Waals surface area (Å²) in [5.41, 5.74) is 4.63. The summed E-state index contributed by atoms with van der Waals surface area (Å²) in [5, 5.41) is 5.56. The number of carbonyl (C=O) groups is 2. The van der Waals surface area contributed by atoms with Crippen LogP contribution in [0.1, 0.15) is 41.8 Å². The van der Waals surface area contributed by atoms with Crippen LogP contribution in [-0.2, 0) is 20.9 Å². The number of furan rings is 1. The maximum atomic E-state index is 13.5. The Balaban J connectivity index is 1.55. The minimum Gasteiger partial charge on any atom is -0.467 e. The molecule has 3 aromatic rings. The Kier molecular flexibility index (Phi) is 7.28. The van der Waals surface area contributed by atoms with Crippen molar-refractivity contribution in [2.45, 2.75) is 32.9 Å². The van der Waals surface area contributed by atoms with Crippen LogP contribution in [0.25, 0.3) is 5.70 Å². The number of amides is 1. The first-order valence-corrected chi connectivity index (χ1v) is 13.0. The highest BCUT2D eigenvalue weighted by atomic mass is 32.2. The summed E-state index contributed by atoms with van der Waals surface area (Å²) in [6.07, 6.45) is 1.71. The van der Waals surface area contributed by atoms with E-state index in [-0.39, 0.29) is 18.9 Å². The fourth-order valence-corrected chi connectivity index (χ4v) is 5.39. The molecular weight excluding hydrogens is 486 g/mol. The summed E-state index contributed by atoms with van der Waals surface area (Å²) in [6, 6.07) is 20.8. The first-order chi connectivity index (χ1) is 18.0. The average molecular weight is 514 g/mol. The number of thioether (sulfide) groups is 1. The van der Waals surface area contributed by atoms with Gasteiger partial charge in [-0.05, 0) is 37.0 Å². The third kappa shape index (κ3) is 5.24. The SMILES string of the molecule is CCOC(=O)C1=C(c2ccccc2)N=C2SC=C(CC(=O)NCc3ccco3)N2C1c1cccc(C)c1. The second kappa shape index (κ2) is 10.9. The zero-order valence-corrected chi connectivity index (χ0v) is 21.5. The number of hydrogen-bond acceptors (Lipinski definition) is 7. The topological polar surface area (TPSA) is 84.1 Å². The Labute approximate surface area is 219 Å². The van der Waals surface area contributed by atoms with Gasteiger partial charge in [0.05, 0.1) is 43.1 Å². The lowest BCUT2D eigenvalue weighted by molar-refractivity contribution is -0.139. The average Bonchev–Trinajstić information content (AvgIpc) is 3.57. The summed E-state index contributed by atoms with van der Waals surface area (Å²) in [5.74, 6) is 0.109. The molecule has 2 aromatic carbocycles. The molecule has 1 N–H and O–H groups in total. The van der Waals surface area contributed by atoms with Crippen molar-refractivity contribution in [1.29, 1.82) is 0 Å². The fourth-order valence-electron chi connectivity index (χ4n) is 4.47. The molecule has 0 radical (unpaired) electrons. The Morgan fingerprint density at radius 2 is 1.95 bits per heavy atom. The molecule has 1 amide bonds. The molecule has 3 heterocycles. The van der Waals surface area contributed by atoms with Gasteiger partial charge in [-0.3, -0.25) is 4.79 Å². The molecule has 37 heavy (non-hydrogen) atoms. The van der Waals surface area contributed by atoms with E-state index in [0.717, 1.165) is 22.4 Å². The molecule has 8 heteroatoms. The number of ether oxygens (including phenoxy) is 1. The summed E-state index contributed by atoms with van der Waals surface area (Å²) in [7, 11) is 0. The maximum absolute atomic E-state index is 13.5. The molecule has 5 rings (SSSR count). The van der Waals surface area contributed by atoms with Crippen molar-refractivity contribution in [3.63, 3.8) is 0 Å². The van der Waals surface area contributed by atoms with Crippen LogP contribution in [0.2, 0.25) is 0 Å². The van der Waals surface area contributed by atoms with Crippen molar-refractivity contribution < 1.29 is 18.7 Å². The maximum Gasteiger partial charge on any atom is 0.338 e. The third-order valence-electron chi connectivity index (χ3n) is 6.09. The molecule has 1 atom stereocenters. The minimum atomic E-state index is -0.499. The van der Waals surface area contributed by atoms with E-state index >= 15 is 0 Å². The van der Waals surface area contributed by atoms with E-state index in [2.05, 4.69) is 11.4 Å². The predicted octanol–water partition coefficient (Wildman–Crippen LogP) is 5.57. The lowest BCUT2D eigenvalue weighted by atomic mass is 9.90. The molecule has 2 aliphatic rings. The van der Waals surface area contributed by atoms with Gasteiger partial charge in [-0.1, -0.05) is 71.9 Å². The molecular formula is C29H27N3O4S. The molecule has 7 nitrogen and oxygen atoms in total. The number of rotatable bonds is 8. The molecule has 0 aliphatic carbocycles. The molecule has 0 saturated heterocycles. The molecule has 0 spiro atoms. The van der Waals surface area contributed by atoms with Gasteiger partial charge >= 0.3 is 5.97 Å². The standard InChI is InChI=1S/C29H27N3O4S/c1-3-35-28(34)25-26(20-10-5-4-6-11-20)31-29-32(27(25)21-12-7-9-19(2)15-21)22(18-37-29)16-24(33)30-17-23-13-8-14-36-23/h4-15,18,27H,3,16-17H2,1-2H3,(H,30,33). The van der Waals surface area contributed by atoms with E-state index < -0.39 is 12.0 Å². The van der Waals surface area contributed by atoms with Crippen LogP contribution in [0.4, 0.5) is 0 Å². The van der Waals surface area contributed by atoms with Crippen molar-refractivity contribution in [2.75, 3.05) is 6.61 Å². The molecule has 188 valence electrons. The normalized spacial score (nSPS) is 16.7. The smallest absolute Gasteiger partial charge is 0.338 e. The van der Waals surface area contributed by atoms with Crippen molar-refractivity contribution in [3.8, 4) is 0 Å². The summed E-state index contributed by atoms with van der Waals surface area (Å²) in [4.78, 5) is 33.3. The van der Waals surface area contributed by atoms with Crippen LogP contribution in [0.5, 0.6) is 0 Å². The van der Waals surface area contributed by atoms with Gasteiger partial charge in [-0.25, -0.2) is 9.79 Å². The number of aliphatic imine (C=N–C) groups is 1. The summed E-state index contributed by atoms with van der Waals surface area (Å²) < 4.78 is 10.9. The Bertz CT molecular complexity index is 1390. The number of carbonyl (C=O) groups excluding carboxylic acids is 2. The molecule has 1 unspecified atom stereocenters. The lowest BCUT2D eigenvalue weighted by Gasteiger charge is -2.37. The first-order valence-electron chi connectivity index (χ1n) is 12.1. The lowest BCUT2D eigenvalue weighted by Crippen LogP contribution is -2.38.